The van der Waals surface area contributed by atoms with E-state index in [1.165, 1.54) is 11.4 Å². The van der Waals surface area contributed by atoms with Crippen molar-refractivity contribution in [1.29, 1.82) is 0 Å². The van der Waals surface area contributed by atoms with Gasteiger partial charge in [-0.05, 0) is 41.6 Å². The van der Waals surface area contributed by atoms with Crippen LogP contribution in [0.25, 0.3) is 0 Å². The summed E-state index contributed by atoms with van der Waals surface area (Å²) < 4.78 is 1.03. The van der Waals surface area contributed by atoms with Gasteiger partial charge in [0, 0.05) is 11.8 Å². The first kappa shape index (κ1) is 10.8. The Morgan fingerprint density at radius 1 is 1.55 bits per heavy atom. The average molecular weight is 195 g/mol. The van der Waals surface area contributed by atoms with Crippen LogP contribution in [0.1, 0.15) is 20.8 Å². The number of hydrogen-bond donors (Lipinski definition) is 1. The fourth-order valence-corrected chi connectivity index (χ4v) is 1.64. The largest absolute Gasteiger partial charge is 0.464 e. The monoisotopic (exact) mass is 195 g/mol. The molecule has 0 bridgehead atoms. The molecule has 0 heterocycles. The van der Waals surface area contributed by atoms with Gasteiger partial charge in [-0.3, -0.25) is 4.31 Å². The quantitative estimate of drug-likeness (QED) is 0.687. The number of hydrogen-bond acceptors (Lipinski definition) is 2. The van der Waals surface area contributed by atoms with Gasteiger partial charge in [0.2, 0.25) is 0 Å². The third-order valence-corrected chi connectivity index (χ3v) is 4.91. The van der Waals surface area contributed by atoms with Crippen LogP contribution in [0.5, 0.6) is 0 Å². The van der Waals surface area contributed by atoms with E-state index in [4.69, 9.17) is 16.3 Å². The molecule has 5 heteroatoms. The standard InChI is InChI=1S/C6H13NO2S2/c1-6(2,3)11(10)7(4)5(8)9/h1-4H3,(H,8,9). The highest BCUT2D eigenvalue weighted by Gasteiger charge is 2.22. The summed E-state index contributed by atoms with van der Waals surface area (Å²) in [6.07, 6.45) is -0.960. The molecule has 0 saturated carbocycles. The molecule has 1 unspecified atom stereocenters. The number of carboxylic acid groups (broad SMARTS) is 1. The van der Waals surface area contributed by atoms with Gasteiger partial charge in [0.25, 0.3) is 0 Å². The topological polar surface area (TPSA) is 40.5 Å². The summed E-state index contributed by atoms with van der Waals surface area (Å²) in [6.45, 7) is 5.80. The van der Waals surface area contributed by atoms with Crippen molar-refractivity contribution in [2.45, 2.75) is 25.5 Å². The normalized spacial score (nSPS) is 14.2. The minimum absolute atomic E-state index is 0.150. The van der Waals surface area contributed by atoms with Gasteiger partial charge < -0.3 is 5.11 Å². The molecule has 1 N–H and O–H groups in total. The predicted molar refractivity (Wildman–Crippen MR) is 50.3 cm³/mol. The Morgan fingerprint density at radius 2 is 1.91 bits per heavy atom. The highest BCUT2D eigenvalue weighted by Crippen LogP contribution is 2.14. The Bertz CT molecular complexity index is 186. The smallest absolute Gasteiger partial charge is 0.417 e. The Balaban J connectivity index is 4.39. The molecule has 11 heavy (non-hydrogen) atoms. The molecule has 66 valence electrons. The molecule has 0 radical (unpaired) electrons. The first-order valence-electron chi connectivity index (χ1n) is 3.15. The summed E-state index contributed by atoms with van der Waals surface area (Å²) in [5, 5.41) is 8.58. The molecule has 0 aromatic rings. The van der Waals surface area contributed by atoms with E-state index in [1.807, 2.05) is 20.8 Å². The summed E-state index contributed by atoms with van der Waals surface area (Å²) in [7, 11) is 0.859. The van der Waals surface area contributed by atoms with Crippen molar-refractivity contribution >= 4 is 26.9 Å². The van der Waals surface area contributed by atoms with Crippen LogP contribution in [0.3, 0.4) is 0 Å². The van der Waals surface area contributed by atoms with Gasteiger partial charge >= 0.3 is 6.09 Å². The fraction of sp³-hybridized carbons (Fsp3) is 0.833. The lowest BCUT2D eigenvalue weighted by atomic mass is 10.3. The highest BCUT2D eigenvalue weighted by atomic mass is 32.8. The summed E-state index contributed by atoms with van der Waals surface area (Å²) in [4.78, 5) is 10.5. The lowest BCUT2D eigenvalue weighted by Crippen LogP contribution is -2.37. The maximum atomic E-state index is 10.5. The summed E-state index contributed by atoms with van der Waals surface area (Å²) in [5.41, 5.74) is 0. The molecule has 0 aliphatic carbocycles. The van der Waals surface area contributed by atoms with E-state index in [2.05, 4.69) is 0 Å². The molecule has 0 aliphatic rings. The van der Waals surface area contributed by atoms with Crippen molar-refractivity contribution in [1.82, 2.24) is 4.31 Å². The van der Waals surface area contributed by atoms with Gasteiger partial charge in [-0.2, -0.15) is 0 Å². The highest BCUT2D eigenvalue weighted by molar-refractivity contribution is 8.28. The summed E-state index contributed by atoms with van der Waals surface area (Å²) >= 11 is 5.05. The van der Waals surface area contributed by atoms with Crippen molar-refractivity contribution in [3.05, 3.63) is 0 Å². The Morgan fingerprint density at radius 3 is 2.00 bits per heavy atom. The van der Waals surface area contributed by atoms with Crippen LogP contribution in [-0.4, -0.2) is 27.3 Å². The number of amides is 1. The van der Waals surface area contributed by atoms with E-state index in [0.29, 0.717) is 0 Å². The lowest BCUT2D eigenvalue weighted by molar-refractivity contribution is 0.180. The van der Waals surface area contributed by atoms with E-state index < -0.39 is 15.7 Å². The summed E-state index contributed by atoms with van der Waals surface area (Å²) in [6, 6.07) is 0. The second-order valence-corrected chi connectivity index (χ2v) is 6.36. The van der Waals surface area contributed by atoms with Gasteiger partial charge in [-0.15, -0.1) is 0 Å². The Hall–Kier alpha value is -0.160. The Labute approximate surface area is 74.1 Å². The van der Waals surface area contributed by atoms with Gasteiger partial charge in [0.05, 0.1) is 0 Å². The van der Waals surface area contributed by atoms with E-state index in [9.17, 15) is 4.79 Å². The molecular weight excluding hydrogens is 182 g/mol. The van der Waals surface area contributed by atoms with Gasteiger partial charge in [0.1, 0.15) is 0 Å². The predicted octanol–water partition coefficient (Wildman–Crippen LogP) is 1.39. The van der Waals surface area contributed by atoms with E-state index in [0.717, 1.165) is 0 Å². The number of rotatable bonds is 1. The first-order valence-corrected chi connectivity index (χ1v) is 5.26. The molecule has 0 fully saturated rings. The molecule has 0 aromatic carbocycles. The minimum atomic E-state index is -0.960. The van der Waals surface area contributed by atoms with Crippen molar-refractivity contribution in [2.24, 2.45) is 0 Å². The van der Waals surface area contributed by atoms with Crippen LogP contribution in [0.2, 0.25) is 0 Å². The molecule has 0 spiro atoms. The van der Waals surface area contributed by atoms with Crippen molar-refractivity contribution in [3.63, 3.8) is 0 Å². The molecule has 0 aliphatic heterocycles. The van der Waals surface area contributed by atoms with Crippen LogP contribution in [0, 0.1) is 0 Å². The lowest BCUT2D eigenvalue weighted by Gasteiger charge is -2.26. The molecule has 3 nitrogen and oxygen atoms in total. The van der Waals surface area contributed by atoms with Gasteiger partial charge in [-0.25, -0.2) is 4.79 Å². The van der Waals surface area contributed by atoms with Crippen LogP contribution in [0.4, 0.5) is 4.79 Å². The fourth-order valence-electron chi connectivity index (χ4n) is 0.482. The van der Waals surface area contributed by atoms with E-state index in [1.54, 1.807) is 0 Å². The second kappa shape index (κ2) is 3.49. The maximum Gasteiger partial charge on any atom is 0.417 e. The first-order chi connectivity index (χ1) is 4.76. The minimum Gasteiger partial charge on any atom is -0.464 e. The second-order valence-electron chi connectivity index (χ2n) is 3.14. The third kappa shape index (κ3) is 3.16. The van der Waals surface area contributed by atoms with E-state index in [-0.39, 0.29) is 4.75 Å². The summed E-state index contributed by atoms with van der Waals surface area (Å²) in [5.74, 6) is 0. The molecule has 1 amide bonds. The molecular formula is C6H13NO2S2. The van der Waals surface area contributed by atoms with Crippen LogP contribution in [0.15, 0.2) is 0 Å². The van der Waals surface area contributed by atoms with Crippen LogP contribution < -0.4 is 0 Å². The molecule has 1 atom stereocenters. The van der Waals surface area contributed by atoms with Crippen molar-refractivity contribution in [2.75, 3.05) is 7.05 Å². The third-order valence-electron chi connectivity index (χ3n) is 1.04. The SMILES string of the molecule is CN(C(=O)O)S(=S)C(C)(C)C. The zero-order valence-electron chi connectivity index (χ0n) is 7.12. The molecule has 0 saturated heterocycles. The van der Waals surface area contributed by atoms with Crippen molar-refractivity contribution in [3.8, 4) is 0 Å². The Kier molecular flexibility index (Phi) is 3.44. The average Bonchev–Trinajstić information content (AvgIpc) is 1.82. The number of nitrogens with zero attached hydrogens (tertiary/aromatic N) is 1. The van der Waals surface area contributed by atoms with Gasteiger partial charge in [0.15, 0.2) is 0 Å². The molecule has 0 rings (SSSR count). The van der Waals surface area contributed by atoms with Crippen LogP contribution in [-0.2, 0) is 20.8 Å². The zero-order chi connectivity index (χ0) is 9.23. The molecule has 0 aromatic heterocycles. The van der Waals surface area contributed by atoms with Crippen molar-refractivity contribution < 1.29 is 9.90 Å². The van der Waals surface area contributed by atoms with Gasteiger partial charge in [-0.1, -0.05) is 0 Å². The number of carbonyl (C=O) groups is 1. The maximum absolute atomic E-state index is 10.5. The van der Waals surface area contributed by atoms with Crippen LogP contribution >= 0.6 is 0 Å². The van der Waals surface area contributed by atoms with E-state index >= 15 is 0 Å². The zero-order valence-corrected chi connectivity index (χ0v) is 8.75.